The number of carbonyl (C=O) groups excluding carboxylic acids is 1. The summed E-state index contributed by atoms with van der Waals surface area (Å²) in [5.41, 5.74) is 1.94. The van der Waals surface area contributed by atoms with Crippen LogP contribution < -0.4 is 5.32 Å². The Morgan fingerprint density at radius 3 is 3.06 bits per heavy atom. The Labute approximate surface area is 105 Å². The first-order chi connectivity index (χ1) is 8.74. The molecule has 0 aliphatic rings. The first-order valence-electron chi connectivity index (χ1n) is 5.96. The summed E-state index contributed by atoms with van der Waals surface area (Å²) >= 11 is 0. The van der Waals surface area contributed by atoms with Crippen molar-refractivity contribution in [1.29, 1.82) is 0 Å². The molecule has 0 aromatic carbocycles. The van der Waals surface area contributed by atoms with Gasteiger partial charge < -0.3 is 10.1 Å². The van der Waals surface area contributed by atoms with Crippen molar-refractivity contribution < 1.29 is 9.53 Å². The summed E-state index contributed by atoms with van der Waals surface area (Å²) in [4.78, 5) is 15.8. The molecule has 0 aliphatic carbocycles. The second-order valence-corrected chi connectivity index (χ2v) is 3.80. The van der Waals surface area contributed by atoms with Gasteiger partial charge in [0.1, 0.15) is 0 Å². The standard InChI is InChI=1S/C12H16N4O2/c1-3-13-6-9-7-14-11-5-10(12(17)18-4-2)15-16(11)8-9/h5,7-8,13H,3-4,6H2,1-2H3. The predicted octanol–water partition coefficient (Wildman–Crippen LogP) is 1.02. The Bertz CT molecular complexity index is 550. The lowest BCUT2D eigenvalue weighted by molar-refractivity contribution is 0.0519. The molecule has 0 atom stereocenters. The number of fused-ring (bicyclic) bond motifs is 1. The number of rotatable bonds is 5. The molecule has 96 valence electrons. The second kappa shape index (κ2) is 5.59. The smallest absolute Gasteiger partial charge is 0.358 e. The Hall–Kier alpha value is -1.95. The van der Waals surface area contributed by atoms with E-state index in [1.165, 1.54) is 0 Å². The van der Waals surface area contributed by atoms with Gasteiger partial charge in [-0.1, -0.05) is 6.92 Å². The van der Waals surface area contributed by atoms with Crippen LogP contribution in [0.5, 0.6) is 0 Å². The topological polar surface area (TPSA) is 68.5 Å². The highest BCUT2D eigenvalue weighted by Gasteiger charge is 2.12. The summed E-state index contributed by atoms with van der Waals surface area (Å²) in [5, 5.41) is 7.36. The van der Waals surface area contributed by atoms with Crippen LogP contribution in [0.15, 0.2) is 18.5 Å². The molecule has 6 heteroatoms. The SMILES string of the molecule is CCNCc1cnc2cc(C(=O)OCC)nn2c1. The van der Waals surface area contributed by atoms with E-state index in [0.29, 0.717) is 12.3 Å². The minimum atomic E-state index is -0.420. The molecule has 2 aromatic rings. The van der Waals surface area contributed by atoms with Gasteiger partial charge in [-0.3, -0.25) is 0 Å². The van der Waals surface area contributed by atoms with Crippen LogP contribution in [0.2, 0.25) is 0 Å². The molecule has 1 N–H and O–H groups in total. The first kappa shape index (κ1) is 12.5. The van der Waals surface area contributed by atoms with Crippen molar-refractivity contribution in [3.8, 4) is 0 Å². The minimum Gasteiger partial charge on any atom is -0.461 e. The monoisotopic (exact) mass is 248 g/mol. The maximum atomic E-state index is 11.5. The molecule has 6 nitrogen and oxygen atoms in total. The van der Waals surface area contributed by atoms with Gasteiger partial charge in [0.2, 0.25) is 0 Å². The molecule has 18 heavy (non-hydrogen) atoms. The molecule has 0 amide bonds. The molecule has 0 radical (unpaired) electrons. The molecule has 0 saturated heterocycles. The Kier molecular flexibility index (Phi) is 3.88. The number of ether oxygens (including phenoxy) is 1. The van der Waals surface area contributed by atoms with Gasteiger partial charge in [-0.15, -0.1) is 0 Å². The number of carbonyl (C=O) groups is 1. The lowest BCUT2D eigenvalue weighted by Gasteiger charge is -2.01. The number of hydrogen-bond donors (Lipinski definition) is 1. The number of esters is 1. The Balaban J connectivity index is 2.25. The van der Waals surface area contributed by atoms with Crippen LogP contribution in [0.4, 0.5) is 0 Å². The molecule has 0 saturated carbocycles. The summed E-state index contributed by atoms with van der Waals surface area (Å²) < 4.78 is 6.49. The van der Waals surface area contributed by atoms with Crippen molar-refractivity contribution >= 4 is 11.6 Å². The van der Waals surface area contributed by atoms with E-state index in [1.807, 2.05) is 13.1 Å². The van der Waals surface area contributed by atoms with Gasteiger partial charge in [0, 0.05) is 30.6 Å². The van der Waals surface area contributed by atoms with Gasteiger partial charge in [-0.25, -0.2) is 14.3 Å². The van der Waals surface area contributed by atoms with Crippen LogP contribution in [0.3, 0.4) is 0 Å². The number of hydrogen-bond acceptors (Lipinski definition) is 5. The van der Waals surface area contributed by atoms with E-state index in [0.717, 1.165) is 18.7 Å². The third kappa shape index (κ3) is 2.65. The molecular weight excluding hydrogens is 232 g/mol. The van der Waals surface area contributed by atoms with E-state index in [9.17, 15) is 4.79 Å². The van der Waals surface area contributed by atoms with Crippen molar-refractivity contribution in [1.82, 2.24) is 19.9 Å². The molecule has 2 rings (SSSR count). The van der Waals surface area contributed by atoms with Crippen molar-refractivity contribution in [3.05, 3.63) is 29.7 Å². The molecule has 0 unspecified atom stereocenters. The molecule has 0 spiro atoms. The largest absolute Gasteiger partial charge is 0.461 e. The van der Waals surface area contributed by atoms with E-state index in [4.69, 9.17) is 4.74 Å². The molecular formula is C12H16N4O2. The normalized spacial score (nSPS) is 10.8. The molecule has 0 aliphatic heterocycles. The maximum Gasteiger partial charge on any atom is 0.358 e. The van der Waals surface area contributed by atoms with Crippen molar-refractivity contribution in [2.75, 3.05) is 13.2 Å². The molecule has 2 aromatic heterocycles. The fraction of sp³-hybridized carbons (Fsp3) is 0.417. The molecule has 0 fully saturated rings. The third-order valence-corrected chi connectivity index (χ3v) is 2.43. The lowest BCUT2D eigenvalue weighted by Crippen LogP contribution is -2.12. The zero-order chi connectivity index (χ0) is 13.0. The molecule has 0 bridgehead atoms. The fourth-order valence-electron chi connectivity index (χ4n) is 1.58. The lowest BCUT2D eigenvalue weighted by atomic mass is 10.3. The number of nitrogens with zero attached hydrogens (tertiary/aromatic N) is 3. The van der Waals surface area contributed by atoms with E-state index in [-0.39, 0.29) is 5.69 Å². The highest BCUT2D eigenvalue weighted by Crippen LogP contribution is 2.07. The Morgan fingerprint density at radius 2 is 2.33 bits per heavy atom. The van der Waals surface area contributed by atoms with Crippen molar-refractivity contribution in [2.45, 2.75) is 20.4 Å². The zero-order valence-electron chi connectivity index (χ0n) is 10.5. The summed E-state index contributed by atoms with van der Waals surface area (Å²) in [6.45, 7) is 5.77. The van der Waals surface area contributed by atoms with Crippen LogP contribution in [-0.2, 0) is 11.3 Å². The van der Waals surface area contributed by atoms with Gasteiger partial charge in [-0.05, 0) is 13.5 Å². The summed E-state index contributed by atoms with van der Waals surface area (Å²) in [5.74, 6) is -0.420. The molecule has 2 heterocycles. The van der Waals surface area contributed by atoms with Gasteiger partial charge in [0.15, 0.2) is 11.3 Å². The van der Waals surface area contributed by atoms with E-state index < -0.39 is 5.97 Å². The quantitative estimate of drug-likeness (QED) is 0.800. The average Bonchev–Trinajstić information content (AvgIpc) is 2.79. The summed E-state index contributed by atoms with van der Waals surface area (Å²) in [6.07, 6.45) is 3.63. The Morgan fingerprint density at radius 1 is 1.50 bits per heavy atom. The number of nitrogens with one attached hydrogen (secondary N) is 1. The van der Waals surface area contributed by atoms with E-state index in [2.05, 4.69) is 15.4 Å². The third-order valence-electron chi connectivity index (χ3n) is 2.43. The maximum absolute atomic E-state index is 11.5. The van der Waals surface area contributed by atoms with E-state index in [1.54, 1.807) is 23.7 Å². The minimum absolute atomic E-state index is 0.282. The van der Waals surface area contributed by atoms with Gasteiger partial charge in [0.05, 0.1) is 6.61 Å². The zero-order valence-corrected chi connectivity index (χ0v) is 10.5. The fourth-order valence-corrected chi connectivity index (χ4v) is 1.58. The van der Waals surface area contributed by atoms with Gasteiger partial charge in [-0.2, -0.15) is 5.10 Å². The first-order valence-corrected chi connectivity index (χ1v) is 5.96. The van der Waals surface area contributed by atoms with Crippen LogP contribution in [0, 0.1) is 0 Å². The van der Waals surface area contributed by atoms with Crippen molar-refractivity contribution in [2.24, 2.45) is 0 Å². The van der Waals surface area contributed by atoms with Crippen LogP contribution in [0.1, 0.15) is 29.9 Å². The van der Waals surface area contributed by atoms with E-state index >= 15 is 0 Å². The summed E-state index contributed by atoms with van der Waals surface area (Å²) in [6, 6.07) is 1.62. The van der Waals surface area contributed by atoms with Crippen molar-refractivity contribution in [3.63, 3.8) is 0 Å². The highest BCUT2D eigenvalue weighted by atomic mass is 16.5. The highest BCUT2D eigenvalue weighted by molar-refractivity contribution is 5.88. The number of aromatic nitrogens is 3. The second-order valence-electron chi connectivity index (χ2n) is 3.80. The van der Waals surface area contributed by atoms with Crippen LogP contribution >= 0.6 is 0 Å². The average molecular weight is 248 g/mol. The van der Waals surface area contributed by atoms with Crippen LogP contribution in [-0.4, -0.2) is 33.7 Å². The predicted molar refractivity (Wildman–Crippen MR) is 66.3 cm³/mol. The summed E-state index contributed by atoms with van der Waals surface area (Å²) in [7, 11) is 0. The van der Waals surface area contributed by atoms with Crippen LogP contribution in [0.25, 0.3) is 5.65 Å². The van der Waals surface area contributed by atoms with Gasteiger partial charge in [0.25, 0.3) is 0 Å². The van der Waals surface area contributed by atoms with Gasteiger partial charge >= 0.3 is 5.97 Å².